The SMILES string of the molecule is CCC(CNC(=O)C=Cc1cc(Cl)cc(Cl)c1)C(=O)O. The van der Waals surface area contributed by atoms with E-state index in [1.807, 2.05) is 0 Å². The second-order valence-electron chi connectivity index (χ2n) is 4.22. The minimum atomic E-state index is -0.918. The lowest BCUT2D eigenvalue weighted by Crippen LogP contribution is -2.31. The van der Waals surface area contributed by atoms with Gasteiger partial charge in [0.05, 0.1) is 5.92 Å². The van der Waals surface area contributed by atoms with Gasteiger partial charge in [-0.15, -0.1) is 0 Å². The summed E-state index contributed by atoms with van der Waals surface area (Å²) < 4.78 is 0. The van der Waals surface area contributed by atoms with Gasteiger partial charge in [0, 0.05) is 22.7 Å². The first kappa shape index (κ1) is 16.5. The number of carboxylic acid groups (broad SMARTS) is 1. The number of benzene rings is 1. The van der Waals surface area contributed by atoms with Gasteiger partial charge < -0.3 is 10.4 Å². The minimum absolute atomic E-state index is 0.102. The van der Waals surface area contributed by atoms with Gasteiger partial charge in [-0.1, -0.05) is 30.1 Å². The fourth-order valence-electron chi connectivity index (χ4n) is 1.53. The van der Waals surface area contributed by atoms with Crippen LogP contribution in [0, 0.1) is 5.92 Å². The van der Waals surface area contributed by atoms with Crippen molar-refractivity contribution in [1.82, 2.24) is 5.32 Å². The highest BCUT2D eigenvalue weighted by molar-refractivity contribution is 6.34. The van der Waals surface area contributed by atoms with Crippen molar-refractivity contribution in [2.75, 3.05) is 6.54 Å². The van der Waals surface area contributed by atoms with Crippen molar-refractivity contribution in [3.05, 3.63) is 39.9 Å². The Labute approximate surface area is 127 Å². The Morgan fingerprint density at radius 1 is 1.30 bits per heavy atom. The van der Waals surface area contributed by atoms with Crippen LogP contribution in [0.5, 0.6) is 0 Å². The number of carbonyl (C=O) groups is 2. The van der Waals surface area contributed by atoms with Gasteiger partial charge in [0.2, 0.25) is 5.91 Å². The largest absolute Gasteiger partial charge is 0.481 e. The Balaban J connectivity index is 2.57. The molecule has 1 aromatic rings. The van der Waals surface area contributed by atoms with Gasteiger partial charge in [0.1, 0.15) is 0 Å². The van der Waals surface area contributed by atoms with Crippen LogP contribution < -0.4 is 5.32 Å². The number of aliphatic carboxylic acids is 1. The summed E-state index contributed by atoms with van der Waals surface area (Å²) in [4.78, 5) is 22.4. The monoisotopic (exact) mass is 315 g/mol. The third-order valence-electron chi connectivity index (χ3n) is 2.68. The number of carboxylic acids is 1. The molecule has 20 heavy (non-hydrogen) atoms. The highest BCUT2D eigenvalue weighted by Gasteiger charge is 2.14. The van der Waals surface area contributed by atoms with E-state index in [9.17, 15) is 9.59 Å². The lowest BCUT2D eigenvalue weighted by molar-refractivity contribution is -0.141. The summed E-state index contributed by atoms with van der Waals surface area (Å²) in [6.07, 6.45) is 3.34. The number of carbonyl (C=O) groups excluding carboxylic acids is 1. The smallest absolute Gasteiger partial charge is 0.308 e. The van der Waals surface area contributed by atoms with Gasteiger partial charge in [0.25, 0.3) is 0 Å². The number of amides is 1. The molecule has 0 spiro atoms. The summed E-state index contributed by atoms with van der Waals surface area (Å²) in [5.41, 5.74) is 0.697. The molecule has 0 heterocycles. The Bertz CT molecular complexity index is 509. The molecule has 0 fully saturated rings. The van der Waals surface area contributed by atoms with Crippen molar-refractivity contribution in [3.63, 3.8) is 0 Å². The zero-order valence-corrected chi connectivity index (χ0v) is 12.4. The van der Waals surface area contributed by atoms with Gasteiger partial charge in [0.15, 0.2) is 0 Å². The van der Waals surface area contributed by atoms with Crippen molar-refractivity contribution in [2.24, 2.45) is 5.92 Å². The molecule has 1 unspecified atom stereocenters. The number of halogens is 2. The van der Waals surface area contributed by atoms with E-state index in [0.29, 0.717) is 22.0 Å². The van der Waals surface area contributed by atoms with E-state index in [0.717, 1.165) is 0 Å². The summed E-state index contributed by atoms with van der Waals surface area (Å²) in [5, 5.41) is 12.4. The Morgan fingerprint density at radius 3 is 2.40 bits per heavy atom. The van der Waals surface area contributed by atoms with Gasteiger partial charge >= 0.3 is 5.97 Å². The normalized spacial score (nSPS) is 12.3. The predicted octanol–water partition coefficient (Wildman–Crippen LogP) is 3.23. The molecule has 6 heteroatoms. The lowest BCUT2D eigenvalue weighted by Gasteiger charge is -2.09. The van der Waals surface area contributed by atoms with Gasteiger partial charge in [-0.25, -0.2) is 0 Å². The van der Waals surface area contributed by atoms with E-state index < -0.39 is 11.9 Å². The zero-order valence-electron chi connectivity index (χ0n) is 10.9. The lowest BCUT2D eigenvalue weighted by atomic mass is 10.1. The number of hydrogen-bond acceptors (Lipinski definition) is 2. The van der Waals surface area contributed by atoms with Crippen LogP contribution in [0.25, 0.3) is 6.08 Å². The summed E-state index contributed by atoms with van der Waals surface area (Å²) in [5.74, 6) is -1.85. The summed E-state index contributed by atoms with van der Waals surface area (Å²) in [6.45, 7) is 1.86. The van der Waals surface area contributed by atoms with Crippen molar-refractivity contribution >= 4 is 41.2 Å². The van der Waals surface area contributed by atoms with Crippen molar-refractivity contribution in [2.45, 2.75) is 13.3 Å². The second-order valence-corrected chi connectivity index (χ2v) is 5.10. The third-order valence-corrected chi connectivity index (χ3v) is 3.11. The summed E-state index contributed by atoms with van der Waals surface area (Å²) >= 11 is 11.7. The molecule has 0 bridgehead atoms. The van der Waals surface area contributed by atoms with E-state index in [2.05, 4.69) is 5.32 Å². The van der Waals surface area contributed by atoms with Crippen molar-refractivity contribution in [1.29, 1.82) is 0 Å². The Morgan fingerprint density at radius 2 is 1.90 bits per heavy atom. The first-order chi connectivity index (χ1) is 9.42. The van der Waals surface area contributed by atoms with Crippen LogP contribution >= 0.6 is 23.2 Å². The number of rotatable bonds is 6. The fourth-order valence-corrected chi connectivity index (χ4v) is 2.08. The molecular weight excluding hydrogens is 301 g/mol. The highest BCUT2D eigenvalue weighted by atomic mass is 35.5. The average Bonchev–Trinajstić information content (AvgIpc) is 2.35. The molecule has 0 aliphatic heterocycles. The van der Waals surface area contributed by atoms with E-state index in [4.69, 9.17) is 28.3 Å². The molecular formula is C14H15Cl2NO3. The topological polar surface area (TPSA) is 66.4 Å². The third kappa shape index (κ3) is 5.63. The Kier molecular flexibility index (Phi) is 6.55. The summed E-state index contributed by atoms with van der Waals surface area (Å²) in [6, 6.07) is 4.94. The fraction of sp³-hybridized carbons (Fsp3) is 0.286. The van der Waals surface area contributed by atoms with E-state index >= 15 is 0 Å². The van der Waals surface area contributed by atoms with Crippen LogP contribution in [-0.4, -0.2) is 23.5 Å². The van der Waals surface area contributed by atoms with Crippen LogP contribution in [0.3, 0.4) is 0 Å². The second kappa shape index (κ2) is 7.92. The molecule has 1 rings (SSSR count). The quantitative estimate of drug-likeness (QED) is 0.792. The van der Waals surface area contributed by atoms with E-state index in [-0.39, 0.29) is 12.5 Å². The van der Waals surface area contributed by atoms with Crippen LogP contribution in [0.15, 0.2) is 24.3 Å². The summed E-state index contributed by atoms with van der Waals surface area (Å²) in [7, 11) is 0. The molecule has 1 amide bonds. The maximum Gasteiger partial charge on any atom is 0.308 e. The van der Waals surface area contributed by atoms with Gasteiger partial charge in [-0.05, 0) is 36.3 Å². The van der Waals surface area contributed by atoms with E-state index in [1.165, 1.54) is 6.08 Å². The molecule has 0 aliphatic carbocycles. The maximum absolute atomic E-state index is 11.6. The molecule has 0 saturated heterocycles. The molecule has 1 atom stereocenters. The minimum Gasteiger partial charge on any atom is -0.481 e. The van der Waals surface area contributed by atoms with E-state index in [1.54, 1.807) is 31.2 Å². The first-order valence-corrected chi connectivity index (χ1v) is 6.82. The number of hydrogen-bond donors (Lipinski definition) is 2. The molecule has 4 nitrogen and oxygen atoms in total. The number of nitrogens with one attached hydrogen (secondary N) is 1. The van der Waals surface area contributed by atoms with Gasteiger partial charge in [-0.3, -0.25) is 9.59 Å². The first-order valence-electron chi connectivity index (χ1n) is 6.07. The molecule has 1 aromatic carbocycles. The molecule has 0 saturated carbocycles. The highest BCUT2D eigenvalue weighted by Crippen LogP contribution is 2.19. The van der Waals surface area contributed by atoms with Crippen LogP contribution in [0.1, 0.15) is 18.9 Å². The van der Waals surface area contributed by atoms with Crippen LogP contribution in [-0.2, 0) is 9.59 Å². The zero-order chi connectivity index (χ0) is 15.1. The van der Waals surface area contributed by atoms with Gasteiger partial charge in [-0.2, -0.15) is 0 Å². The molecule has 2 N–H and O–H groups in total. The Hall–Kier alpha value is -1.52. The molecule has 108 valence electrons. The molecule has 0 aliphatic rings. The maximum atomic E-state index is 11.6. The molecule has 0 aromatic heterocycles. The molecule has 0 radical (unpaired) electrons. The van der Waals surface area contributed by atoms with Crippen molar-refractivity contribution < 1.29 is 14.7 Å². The van der Waals surface area contributed by atoms with Crippen molar-refractivity contribution in [3.8, 4) is 0 Å². The predicted molar refractivity (Wildman–Crippen MR) is 79.9 cm³/mol. The van der Waals surface area contributed by atoms with Crippen LogP contribution in [0.2, 0.25) is 10.0 Å². The average molecular weight is 316 g/mol. The standard InChI is InChI=1S/C14H15Cl2NO3/c1-2-10(14(19)20)8-17-13(18)4-3-9-5-11(15)7-12(16)6-9/h3-7,10H,2,8H2,1H3,(H,17,18)(H,19,20). The van der Waals surface area contributed by atoms with Crippen LogP contribution in [0.4, 0.5) is 0 Å².